The van der Waals surface area contributed by atoms with Crippen molar-refractivity contribution < 1.29 is 4.79 Å². The topological polar surface area (TPSA) is 29.1 Å². The molecule has 1 aliphatic heterocycles. The Morgan fingerprint density at radius 2 is 2.00 bits per heavy atom. The van der Waals surface area contributed by atoms with E-state index in [0.717, 1.165) is 25.3 Å². The first-order valence-electron chi connectivity index (χ1n) is 5.47. The van der Waals surface area contributed by atoms with Gasteiger partial charge in [0.25, 0.3) is 0 Å². The van der Waals surface area contributed by atoms with Crippen LogP contribution < -0.4 is 5.32 Å². The molecule has 1 spiro atoms. The van der Waals surface area contributed by atoms with E-state index in [1.54, 1.807) is 0 Å². The second-order valence-electron chi connectivity index (χ2n) is 4.29. The molecule has 2 heteroatoms. The lowest BCUT2D eigenvalue weighted by atomic mass is 9.59. The molecule has 13 heavy (non-hydrogen) atoms. The molecule has 1 aliphatic carbocycles. The fraction of sp³-hybridized carbons (Fsp3) is 0.909. The van der Waals surface area contributed by atoms with Crippen molar-refractivity contribution in [2.24, 2.45) is 11.3 Å². The molecule has 1 heterocycles. The second-order valence-corrected chi connectivity index (χ2v) is 4.29. The van der Waals surface area contributed by atoms with Gasteiger partial charge in [-0.15, -0.1) is 0 Å². The second kappa shape index (κ2) is 4.12. The Labute approximate surface area is 81.1 Å². The molecule has 0 aromatic rings. The Kier molecular flexibility index (Phi) is 3.34. The zero-order valence-corrected chi connectivity index (χ0v) is 9.02. The van der Waals surface area contributed by atoms with Gasteiger partial charge in [0, 0.05) is 13.0 Å². The summed E-state index contributed by atoms with van der Waals surface area (Å²) in [5.41, 5.74) is 0.521. The first-order chi connectivity index (χ1) is 6.20. The van der Waals surface area contributed by atoms with E-state index in [0.29, 0.717) is 5.41 Å². The molecule has 0 atom stereocenters. The molecule has 2 aliphatic rings. The quantitative estimate of drug-likeness (QED) is 0.613. The lowest BCUT2D eigenvalue weighted by molar-refractivity contribution is -0.126. The Hall–Kier alpha value is -0.530. The lowest BCUT2D eigenvalue weighted by Gasteiger charge is -2.48. The van der Waals surface area contributed by atoms with Crippen LogP contribution in [-0.2, 0) is 4.79 Å². The van der Waals surface area contributed by atoms with Crippen molar-refractivity contribution in [3.63, 3.8) is 0 Å². The highest BCUT2D eigenvalue weighted by Gasteiger charge is 2.43. The highest BCUT2D eigenvalue weighted by Crippen LogP contribution is 2.49. The number of hydrogen-bond donors (Lipinski definition) is 1. The van der Waals surface area contributed by atoms with E-state index >= 15 is 0 Å². The molecule has 0 radical (unpaired) electrons. The molecule has 2 fully saturated rings. The van der Waals surface area contributed by atoms with Gasteiger partial charge >= 0.3 is 0 Å². The van der Waals surface area contributed by atoms with Crippen molar-refractivity contribution in [3.8, 4) is 0 Å². The molecule has 0 aromatic heterocycles. The molecule has 1 N–H and O–H groups in total. The van der Waals surface area contributed by atoms with Crippen LogP contribution in [0.3, 0.4) is 0 Å². The molecule has 2 rings (SSSR count). The number of rotatable bonds is 0. The van der Waals surface area contributed by atoms with Crippen LogP contribution in [0.1, 0.15) is 46.5 Å². The van der Waals surface area contributed by atoms with Crippen LogP contribution in [-0.4, -0.2) is 12.5 Å². The Bertz CT molecular complexity index is 171. The number of piperidine rings is 1. The first kappa shape index (κ1) is 10.6. The summed E-state index contributed by atoms with van der Waals surface area (Å²) in [6, 6.07) is 0. The van der Waals surface area contributed by atoms with E-state index in [1.165, 1.54) is 12.8 Å². The summed E-state index contributed by atoms with van der Waals surface area (Å²) in [5.74, 6) is 1.14. The van der Waals surface area contributed by atoms with E-state index in [4.69, 9.17) is 0 Å². The van der Waals surface area contributed by atoms with Crippen molar-refractivity contribution in [2.75, 3.05) is 6.54 Å². The Balaban J connectivity index is 0.000000396. The molecule has 2 nitrogen and oxygen atoms in total. The minimum atomic E-state index is 0.246. The third-order valence-corrected chi connectivity index (χ3v) is 3.11. The number of carbonyl (C=O) groups excluding carboxylic acids is 1. The fourth-order valence-corrected chi connectivity index (χ4v) is 2.61. The van der Waals surface area contributed by atoms with E-state index in [2.05, 4.69) is 12.2 Å². The van der Waals surface area contributed by atoms with Gasteiger partial charge in [-0.25, -0.2) is 0 Å². The first-order valence-corrected chi connectivity index (χ1v) is 5.47. The molecular formula is C11H21NO. The molecule has 0 bridgehead atoms. The van der Waals surface area contributed by atoms with E-state index in [1.807, 2.05) is 13.8 Å². The molecule has 76 valence electrons. The summed E-state index contributed by atoms with van der Waals surface area (Å²) >= 11 is 0. The molecule has 0 aromatic carbocycles. The average Bonchev–Trinajstić information content (AvgIpc) is 2.11. The predicted octanol–water partition coefficient (Wildman–Crippen LogP) is 2.34. The largest absolute Gasteiger partial charge is 0.356 e. The van der Waals surface area contributed by atoms with Gasteiger partial charge in [0.15, 0.2) is 0 Å². The standard InChI is InChI=1S/C9H15NO.C2H6/c1-7-4-9(5-7)3-2-8(11)10-6-9;1-2/h7H,2-6H2,1H3,(H,10,11);1-2H3. The number of hydrogen-bond acceptors (Lipinski definition) is 1. The summed E-state index contributed by atoms with van der Waals surface area (Å²) in [4.78, 5) is 10.9. The minimum absolute atomic E-state index is 0.246. The zero-order chi connectivity index (χ0) is 9.90. The smallest absolute Gasteiger partial charge is 0.220 e. The molecular weight excluding hydrogens is 162 g/mol. The van der Waals surface area contributed by atoms with E-state index in [9.17, 15) is 4.79 Å². The SMILES string of the molecule is CC.CC1CC2(CCC(=O)NC2)C1. The van der Waals surface area contributed by atoms with Crippen LogP contribution in [0.5, 0.6) is 0 Å². The summed E-state index contributed by atoms with van der Waals surface area (Å²) in [6.07, 6.45) is 4.54. The summed E-state index contributed by atoms with van der Waals surface area (Å²) in [6.45, 7) is 7.23. The van der Waals surface area contributed by atoms with Crippen molar-refractivity contribution in [1.82, 2.24) is 5.32 Å². The minimum Gasteiger partial charge on any atom is -0.356 e. The Morgan fingerprint density at radius 1 is 1.38 bits per heavy atom. The monoisotopic (exact) mass is 183 g/mol. The summed E-state index contributed by atoms with van der Waals surface area (Å²) in [5, 5.41) is 2.96. The van der Waals surface area contributed by atoms with Crippen LogP contribution in [0.2, 0.25) is 0 Å². The van der Waals surface area contributed by atoms with Gasteiger partial charge < -0.3 is 5.32 Å². The maximum absolute atomic E-state index is 10.9. The van der Waals surface area contributed by atoms with Gasteiger partial charge in [-0.3, -0.25) is 4.79 Å². The highest BCUT2D eigenvalue weighted by atomic mass is 16.1. The van der Waals surface area contributed by atoms with Crippen LogP contribution in [0.25, 0.3) is 0 Å². The molecule has 1 amide bonds. The van der Waals surface area contributed by atoms with E-state index < -0.39 is 0 Å². The zero-order valence-electron chi connectivity index (χ0n) is 9.02. The third-order valence-electron chi connectivity index (χ3n) is 3.11. The molecule has 1 saturated carbocycles. The van der Waals surface area contributed by atoms with Crippen molar-refractivity contribution >= 4 is 5.91 Å². The van der Waals surface area contributed by atoms with Crippen LogP contribution in [0, 0.1) is 11.3 Å². The van der Waals surface area contributed by atoms with Gasteiger partial charge in [-0.1, -0.05) is 20.8 Å². The third kappa shape index (κ3) is 2.23. The van der Waals surface area contributed by atoms with Gasteiger partial charge in [0.2, 0.25) is 5.91 Å². The van der Waals surface area contributed by atoms with Crippen molar-refractivity contribution in [1.29, 1.82) is 0 Å². The van der Waals surface area contributed by atoms with Gasteiger partial charge in [0.05, 0.1) is 0 Å². The molecule has 1 saturated heterocycles. The van der Waals surface area contributed by atoms with Gasteiger partial charge in [0.1, 0.15) is 0 Å². The number of amides is 1. The van der Waals surface area contributed by atoms with Crippen LogP contribution >= 0.6 is 0 Å². The maximum Gasteiger partial charge on any atom is 0.220 e. The molecule has 0 unspecified atom stereocenters. The average molecular weight is 183 g/mol. The highest BCUT2D eigenvalue weighted by molar-refractivity contribution is 5.76. The number of carbonyl (C=O) groups is 1. The van der Waals surface area contributed by atoms with Gasteiger partial charge in [-0.05, 0) is 30.6 Å². The summed E-state index contributed by atoms with van der Waals surface area (Å²) in [7, 11) is 0. The summed E-state index contributed by atoms with van der Waals surface area (Å²) < 4.78 is 0. The van der Waals surface area contributed by atoms with Gasteiger partial charge in [-0.2, -0.15) is 0 Å². The van der Waals surface area contributed by atoms with E-state index in [-0.39, 0.29) is 5.91 Å². The van der Waals surface area contributed by atoms with Crippen LogP contribution in [0.15, 0.2) is 0 Å². The van der Waals surface area contributed by atoms with Crippen molar-refractivity contribution in [2.45, 2.75) is 46.5 Å². The van der Waals surface area contributed by atoms with Crippen molar-refractivity contribution in [3.05, 3.63) is 0 Å². The number of nitrogens with one attached hydrogen (secondary N) is 1. The Morgan fingerprint density at radius 3 is 2.38 bits per heavy atom. The lowest BCUT2D eigenvalue weighted by Crippen LogP contribution is -2.49. The normalized spacial score (nSPS) is 37.2. The maximum atomic E-state index is 10.9. The van der Waals surface area contributed by atoms with Crippen LogP contribution in [0.4, 0.5) is 0 Å². The fourth-order valence-electron chi connectivity index (χ4n) is 2.61. The predicted molar refractivity (Wildman–Crippen MR) is 54.4 cm³/mol.